The van der Waals surface area contributed by atoms with E-state index in [-0.39, 0.29) is 29.1 Å². The fourth-order valence-electron chi connectivity index (χ4n) is 2.06. The molecule has 104 valence electrons. The smallest absolute Gasteiger partial charge is 0.315 e. The summed E-state index contributed by atoms with van der Waals surface area (Å²) in [5.74, 6) is -0.844. The third-order valence-electron chi connectivity index (χ3n) is 3.09. The van der Waals surface area contributed by atoms with Crippen molar-refractivity contribution in [1.82, 2.24) is 4.98 Å². The van der Waals surface area contributed by atoms with E-state index < -0.39 is 4.92 Å². The number of nitrogens with two attached hydrogens (primary N) is 2. The Morgan fingerprint density at radius 1 is 1.30 bits per heavy atom. The molecule has 0 amide bonds. The zero-order valence-corrected chi connectivity index (χ0v) is 10.7. The summed E-state index contributed by atoms with van der Waals surface area (Å²) >= 11 is 0. The van der Waals surface area contributed by atoms with Crippen LogP contribution in [0.15, 0.2) is 30.3 Å². The second-order valence-electron chi connectivity index (χ2n) is 4.40. The Bertz CT molecular complexity index is 658. The third kappa shape index (κ3) is 2.51. The molecule has 4 N–H and O–H groups in total. The van der Waals surface area contributed by atoms with Gasteiger partial charge in [-0.1, -0.05) is 19.1 Å². The van der Waals surface area contributed by atoms with Gasteiger partial charge < -0.3 is 11.5 Å². The number of pyridine rings is 1. The summed E-state index contributed by atoms with van der Waals surface area (Å²) < 4.78 is 12.9. The minimum atomic E-state index is -0.586. The van der Waals surface area contributed by atoms with Crippen molar-refractivity contribution in [3.8, 4) is 0 Å². The van der Waals surface area contributed by atoms with Crippen molar-refractivity contribution in [2.24, 2.45) is 0 Å². The van der Waals surface area contributed by atoms with Gasteiger partial charge in [0.05, 0.1) is 4.92 Å². The molecule has 0 aliphatic heterocycles. The Balaban J connectivity index is 2.56. The molecule has 7 heteroatoms. The zero-order valence-electron chi connectivity index (χ0n) is 10.7. The number of rotatable bonds is 3. The molecule has 0 aliphatic carbocycles. The molecule has 1 unspecified atom stereocenters. The number of nitro groups is 1. The predicted octanol–water partition coefficient (Wildman–Crippen LogP) is 2.45. The van der Waals surface area contributed by atoms with Gasteiger partial charge in [-0.15, -0.1) is 0 Å². The predicted molar refractivity (Wildman–Crippen MR) is 73.6 cm³/mol. The number of nitrogens with zero attached hydrogens (tertiary/aromatic N) is 2. The monoisotopic (exact) mass is 276 g/mol. The molecule has 0 spiro atoms. The molecule has 1 aromatic heterocycles. The summed E-state index contributed by atoms with van der Waals surface area (Å²) in [5, 5.41) is 11.1. The normalized spacial score (nSPS) is 12.1. The number of anilines is 2. The van der Waals surface area contributed by atoms with Crippen LogP contribution in [-0.4, -0.2) is 9.91 Å². The van der Waals surface area contributed by atoms with E-state index in [0.717, 1.165) is 5.56 Å². The van der Waals surface area contributed by atoms with Crippen molar-refractivity contribution in [3.63, 3.8) is 0 Å². The number of hydrogen-bond acceptors (Lipinski definition) is 5. The summed E-state index contributed by atoms with van der Waals surface area (Å²) in [6.45, 7) is 1.76. The minimum Gasteiger partial charge on any atom is -0.384 e. The highest BCUT2D eigenvalue weighted by Gasteiger charge is 2.25. The van der Waals surface area contributed by atoms with Crippen LogP contribution in [0, 0.1) is 15.9 Å². The van der Waals surface area contributed by atoms with Gasteiger partial charge in [0.2, 0.25) is 5.82 Å². The van der Waals surface area contributed by atoms with Gasteiger partial charge in [0.1, 0.15) is 11.6 Å². The summed E-state index contributed by atoms with van der Waals surface area (Å²) in [5.41, 5.74) is 12.0. The largest absolute Gasteiger partial charge is 0.384 e. The van der Waals surface area contributed by atoms with Gasteiger partial charge in [-0.05, 0) is 23.8 Å². The van der Waals surface area contributed by atoms with E-state index in [1.54, 1.807) is 19.1 Å². The Kier molecular flexibility index (Phi) is 3.51. The molecule has 1 aromatic carbocycles. The fourth-order valence-corrected chi connectivity index (χ4v) is 2.06. The maximum absolute atomic E-state index is 12.9. The number of nitrogen functional groups attached to an aromatic ring is 2. The minimum absolute atomic E-state index is 0.108. The molecule has 6 nitrogen and oxygen atoms in total. The van der Waals surface area contributed by atoms with Crippen LogP contribution in [0.5, 0.6) is 0 Å². The summed E-state index contributed by atoms with van der Waals surface area (Å²) in [6, 6.07) is 7.15. The summed E-state index contributed by atoms with van der Waals surface area (Å²) in [7, 11) is 0. The van der Waals surface area contributed by atoms with E-state index in [0.29, 0.717) is 5.56 Å². The third-order valence-corrected chi connectivity index (χ3v) is 3.09. The lowest BCUT2D eigenvalue weighted by Crippen LogP contribution is -2.08. The van der Waals surface area contributed by atoms with Gasteiger partial charge in [-0.3, -0.25) is 10.1 Å². The van der Waals surface area contributed by atoms with E-state index in [2.05, 4.69) is 4.98 Å². The van der Waals surface area contributed by atoms with Crippen LogP contribution < -0.4 is 11.5 Å². The van der Waals surface area contributed by atoms with Gasteiger partial charge in [-0.25, -0.2) is 9.37 Å². The lowest BCUT2D eigenvalue weighted by atomic mass is 9.92. The number of benzene rings is 1. The first-order valence-electron chi connectivity index (χ1n) is 5.86. The first-order chi connectivity index (χ1) is 9.40. The van der Waals surface area contributed by atoms with Crippen LogP contribution in [0.25, 0.3) is 0 Å². The van der Waals surface area contributed by atoms with E-state index >= 15 is 0 Å². The van der Waals surface area contributed by atoms with Crippen molar-refractivity contribution in [2.45, 2.75) is 12.8 Å². The Hall–Kier alpha value is -2.70. The number of halogens is 1. The van der Waals surface area contributed by atoms with E-state index in [1.807, 2.05) is 0 Å². The molecule has 0 fully saturated rings. The van der Waals surface area contributed by atoms with Crippen molar-refractivity contribution in [1.29, 1.82) is 0 Å². The molecule has 0 saturated heterocycles. The SMILES string of the molecule is CC(c1ccc(F)cc1)c1cc(N)nc(N)c1[N+](=O)[O-]. The summed E-state index contributed by atoms with van der Waals surface area (Å²) in [6.07, 6.45) is 0. The van der Waals surface area contributed by atoms with E-state index in [9.17, 15) is 14.5 Å². The Morgan fingerprint density at radius 2 is 1.90 bits per heavy atom. The van der Waals surface area contributed by atoms with Crippen LogP contribution in [0.4, 0.5) is 21.7 Å². The molecule has 20 heavy (non-hydrogen) atoms. The van der Waals surface area contributed by atoms with Crippen LogP contribution in [0.3, 0.4) is 0 Å². The van der Waals surface area contributed by atoms with Gasteiger partial charge in [-0.2, -0.15) is 0 Å². The van der Waals surface area contributed by atoms with Crippen molar-refractivity contribution in [2.75, 3.05) is 11.5 Å². The lowest BCUT2D eigenvalue weighted by Gasteiger charge is -2.14. The molecule has 0 radical (unpaired) electrons. The second kappa shape index (κ2) is 5.12. The van der Waals surface area contributed by atoms with E-state index in [1.165, 1.54) is 18.2 Å². The fraction of sp³-hybridized carbons (Fsp3) is 0.154. The highest BCUT2D eigenvalue weighted by atomic mass is 19.1. The molecule has 2 rings (SSSR count). The maximum Gasteiger partial charge on any atom is 0.315 e. The summed E-state index contributed by atoms with van der Waals surface area (Å²) in [4.78, 5) is 14.2. The van der Waals surface area contributed by atoms with Gasteiger partial charge in [0.25, 0.3) is 0 Å². The molecule has 0 saturated carbocycles. The van der Waals surface area contributed by atoms with Gasteiger partial charge in [0, 0.05) is 11.5 Å². The molecule has 0 bridgehead atoms. The average molecular weight is 276 g/mol. The first-order valence-corrected chi connectivity index (χ1v) is 5.86. The van der Waals surface area contributed by atoms with Crippen LogP contribution in [0.2, 0.25) is 0 Å². The lowest BCUT2D eigenvalue weighted by molar-refractivity contribution is -0.384. The first kappa shape index (κ1) is 13.7. The van der Waals surface area contributed by atoms with Crippen molar-refractivity contribution in [3.05, 3.63) is 57.4 Å². The molecule has 1 atom stereocenters. The Morgan fingerprint density at radius 3 is 2.45 bits per heavy atom. The highest BCUT2D eigenvalue weighted by molar-refractivity contribution is 5.63. The van der Waals surface area contributed by atoms with Crippen molar-refractivity contribution < 1.29 is 9.31 Å². The molecular weight excluding hydrogens is 263 g/mol. The maximum atomic E-state index is 12.9. The number of aromatic nitrogens is 1. The molecule has 2 aromatic rings. The molecule has 0 aliphatic rings. The standard InChI is InChI=1S/C13H13FN4O2/c1-7(8-2-4-9(14)5-3-8)10-6-11(15)17-13(16)12(10)18(19)20/h2-7H,1H3,(H4,15,16,17). The second-order valence-corrected chi connectivity index (χ2v) is 4.40. The van der Waals surface area contributed by atoms with Crippen LogP contribution in [-0.2, 0) is 0 Å². The highest BCUT2D eigenvalue weighted by Crippen LogP contribution is 2.35. The quantitative estimate of drug-likeness (QED) is 0.661. The molecular formula is C13H13FN4O2. The van der Waals surface area contributed by atoms with Gasteiger partial charge >= 0.3 is 5.69 Å². The zero-order chi connectivity index (χ0) is 14.9. The van der Waals surface area contributed by atoms with Gasteiger partial charge in [0.15, 0.2) is 0 Å². The topological polar surface area (TPSA) is 108 Å². The Labute approximate surface area is 114 Å². The molecule has 1 heterocycles. The number of hydrogen-bond donors (Lipinski definition) is 2. The van der Waals surface area contributed by atoms with Crippen molar-refractivity contribution >= 4 is 17.3 Å². The van der Waals surface area contributed by atoms with Crippen LogP contribution >= 0.6 is 0 Å². The average Bonchev–Trinajstić information content (AvgIpc) is 2.37. The van der Waals surface area contributed by atoms with Crippen LogP contribution in [0.1, 0.15) is 24.0 Å². The van der Waals surface area contributed by atoms with E-state index in [4.69, 9.17) is 11.5 Å².